The van der Waals surface area contributed by atoms with E-state index >= 15 is 0 Å². The molecule has 12 heavy (non-hydrogen) atoms. The van der Waals surface area contributed by atoms with Crippen LogP contribution < -0.4 is 4.72 Å². The molecule has 1 aromatic heterocycles. The Morgan fingerprint density at radius 3 is 2.75 bits per heavy atom. The lowest BCUT2D eigenvalue weighted by atomic mass is 10.5. The first-order chi connectivity index (χ1) is 5.60. The standard InChI is InChI=1S/C6H8ClNO2S2/c1-8-12(9,10)6-2-5(3-7)11-4-6/h2,4,8H,3H2,1H3. The number of hydrogen-bond donors (Lipinski definition) is 1. The van der Waals surface area contributed by atoms with Crippen LogP contribution in [0.2, 0.25) is 0 Å². The van der Waals surface area contributed by atoms with Crippen LogP contribution in [-0.2, 0) is 15.9 Å². The monoisotopic (exact) mass is 225 g/mol. The van der Waals surface area contributed by atoms with Gasteiger partial charge in [0.2, 0.25) is 10.0 Å². The van der Waals surface area contributed by atoms with E-state index in [1.165, 1.54) is 18.4 Å². The van der Waals surface area contributed by atoms with Gasteiger partial charge in [-0.3, -0.25) is 0 Å². The quantitative estimate of drug-likeness (QED) is 0.791. The largest absolute Gasteiger partial charge is 0.241 e. The average Bonchev–Trinajstić information content (AvgIpc) is 2.52. The van der Waals surface area contributed by atoms with Crippen LogP contribution in [0.3, 0.4) is 0 Å². The first-order valence-electron chi connectivity index (χ1n) is 3.17. The number of rotatable bonds is 3. The Kier molecular flexibility index (Phi) is 3.11. The third kappa shape index (κ3) is 1.98. The molecule has 68 valence electrons. The van der Waals surface area contributed by atoms with Gasteiger partial charge < -0.3 is 0 Å². The fraction of sp³-hybridized carbons (Fsp3) is 0.333. The molecule has 0 saturated carbocycles. The Morgan fingerprint density at radius 2 is 2.33 bits per heavy atom. The van der Waals surface area contributed by atoms with Gasteiger partial charge in [-0.05, 0) is 13.1 Å². The second-order valence-electron chi connectivity index (χ2n) is 2.09. The molecule has 0 unspecified atom stereocenters. The molecule has 0 saturated heterocycles. The fourth-order valence-corrected chi connectivity index (χ4v) is 2.81. The topological polar surface area (TPSA) is 46.2 Å². The summed E-state index contributed by atoms with van der Waals surface area (Å²) in [5, 5.41) is 1.57. The minimum absolute atomic E-state index is 0.283. The van der Waals surface area contributed by atoms with E-state index in [0.29, 0.717) is 5.88 Å². The maximum absolute atomic E-state index is 11.2. The number of hydrogen-bond acceptors (Lipinski definition) is 3. The van der Waals surface area contributed by atoms with Gasteiger partial charge in [0.1, 0.15) is 0 Å². The summed E-state index contributed by atoms with van der Waals surface area (Å²) in [7, 11) is -1.90. The molecule has 0 spiro atoms. The predicted octanol–water partition coefficient (Wildman–Crippen LogP) is 1.40. The Labute approximate surface area is 80.4 Å². The van der Waals surface area contributed by atoms with Gasteiger partial charge in [-0.15, -0.1) is 22.9 Å². The number of sulfonamides is 1. The number of alkyl halides is 1. The number of nitrogens with one attached hydrogen (secondary N) is 1. The summed E-state index contributed by atoms with van der Waals surface area (Å²) in [6, 6.07) is 1.57. The van der Waals surface area contributed by atoms with Crippen LogP contribution in [0, 0.1) is 0 Å². The molecule has 0 fully saturated rings. The lowest BCUT2D eigenvalue weighted by Gasteiger charge is -1.95. The van der Waals surface area contributed by atoms with Gasteiger partial charge in [0.25, 0.3) is 0 Å². The summed E-state index contributed by atoms with van der Waals surface area (Å²) in [5.41, 5.74) is 0. The van der Waals surface area contributed by atoms with Crippen molar-refractivity contribution in [1.29, 1.82) is 0 Å². The summed E-state index contributed by atoms with van der Waals surface area (Å²) in [6.45, 7) is 0. The number of thiophene rings is 1. The highest BCUT2D eigenvalue weighted by atomic mass is 35.5. The highest BCUT2D eigenvalue weighted by molar-refractivity contribution is 7.89. The molecule has 0 aliphatic heterocycles. The van der Waals surface area contributed by atoms with Crippen molar-refractivity contribution in [1.82, 2.24) is 4.72 Å². The van der Waals surface area contributed by atoms with E-state index in [4.69, 9.17) is 11.6 Å². The fourth-order valence-electron chi connectivity index (χ4n) is 0.689. The third-order valence-corrected chi connectivity index (χ3v) is 4.27. The van der Waals surface area contributed by atoms with Gasteiger partial charge in [0.05, 0.1) is 10.8 Å². The maximum Gasteiger partial charge on any atom is 0.241 e. The smallest absolute Gasteiger partial charge is 0.214 e. The molecule has 3 nitrogen and oxygen atoms in total. The lowest BCUT2D eigenvalue weighted by molar-refractivity contribution is 0.588. The van der Waals surface area contributed by atoms with Crippen LogP contribution >= 0.6 is 22.9 Å². The van der Waals surface area contributed by atoms with Crippen LogP contribution in [0.5, 0.6) is 0 Å². The minimum Gasteiger partial charge on any atom is -0.214 e. The van der Waals surface area contributed by atoms with Crippen molar-refractivity contribution >= 4 is 33.0 Å². The van der Waals surface area contributed by atoms with Gasteiger partial charge in [-0.25, -0.2) is 13.1 Å². The summed E-state index contributed by atoms with van der Waals surface area (Å²) < 4.78 is 24.6. The second kappa shape index (κ2) is 3.74. The van der Waals surface area contributed by atoms with Crippen molar-refractivity contribution in [2.75, 3.05) is 7.05 Å². The Bertz CT molecular complexity index is 357. The summed E-state index contributed by atoms with van der Waals surface area (Å²) >= 11 is 6.87. The van der Waals surface area contributed by atoms with Gasteiger partial charge in [0.15, 0.2) is 0 Å². The summed E-state index contributed by atoms with van der Waals surface area (Å²) in [6.07, 6.45) is 0. The molecule has 1 aromatic rings. The first-order valence-corrected chi connectivity index (χ1v) is 6.07. The predicted molar refractivity (Wildman–Crippen MR) is 50.1 cm³/mol. The van der Waals surface area contributed by atoms with Gasteiger partial charge in [-0.2, -0.15) is 0 Å². The molecule has 0 bridgehead atoms. The Morgan fingerprint density at radius 1 is 1.67 bits per heavy atom. The summed E-state index contributed by atoms with van der Waals surface area (Å²) in [4.78, 5) is 1.14. The molecule has 1 heterocycles. The number of halogens is 1. The van der Waals surface area contributed by atoms with E-state index in [-0.39, 0.29) is 4.90 Å². The third-order valence-electron chi connectivity index (χ3n) is 1.34. The zero-order valence-electron chi connectivity index (χ0n) is 6.37. The van der Waals surface area contributed by atoms with E-state index in [2.05, 4.69) is 4.72 Å². The van der Waals surface area contributed by atoms with Crippen LogP contribution in [0.1, 0.15) is 4.88 Å². The summed E-state index contributed by atoms with van der Waals surface area (Å²) in [5.74, 6) is 0.351. The van der Waals surface area contributed by atoms with Gasteiger partial charge in [-0.1, -0.05) is 0 Å². The molecule has 1 N–H and O–H groups in total. The van der Waals surface area contributed by atoms with Crippen LogP contribution in [-0.4, -0.2) is 15.5 Å². The second-order valence-corrected chi connectivity index (χ2v) is 5.24. The van der Waals surface area contributed by atoms with Crippen LogP contribution in [0.15, 0.2) is 16.3 Å². The minimum atomic E-state index is -3.29. The van der Waals surface area contributed by atoms with Crippen LogP contribution in [0.25, 0.3) is 0 Å². The molecular weight excluding hydrogens is 218 g/mol. The zero-order chi connectivity index (χ0) is 9.19. The first kappa shape index (κ1) is 9.98. The maximum atomic E-state index is 11.2. The van der Waals surface area contributed by atoms with E-state index in [9.17, 15) is 8.42 Å². The van der Waals surface area contributed by atoms with Crippen molar-refractivity contribution in [2.24, 2.45) is 0 Å². The molecule has 0 radical (unpaired) electrons. The molecular formula is C6H8ClNO2S2. The molecule has 0 amide bonds. The normalized spacial score (nSPS) is 11.8. The Balaban J connectivity index is 3.05. The molecule has 6 heteroatoms. The molecule has 0 aromatic carbocycles. The van der Waals surface area contributed by atoms with Crippen molar-refractivity contribution in [3.63, 3.8) is 0 Å². The highest BCUT2D eigenvalue weighted by Crippen LogP contribution is 2.20. The van der Waals surface area contributed by atoms with E-state index in [1.807, 2.05) is 0 Å². The average molecular weight is 226 g/mol. The molecule has 0 aliphatic carbocycles. The Hall–Kier alpha value is -0.100. The van der Waals surface area contributed by atoms with E-state index < -0.39 is 10.0 Å². The SMILES string of the molecule is CNS(=O)(=O)c1csc(CCl)c1. The zero-order valence-corrected chi connectivity index (χ0v) is 8.76. The molecule has 0 atom stereocenters. The van der Waals surface area contributed by atoms with Crippen LogP contribution in [0.4, 0.5) is 0 Å². The van der Waals surface area contributed by atoms with Crippen molar-refractivity contribution in [3.05, 3.63) is 16.3 Å². The van der Waals surface area contributed by atoms with E-state index in [0.717, 1.165) is 4.88 Å². The van der Waals surface area contributed by atoms with Crippen molar-refractivity contribution < 1.29 is 8.42 Å². The van der Waals surface area contributed by atoms with Crippen molar-refractivity contribution in [3.8, 4) is 0 Å². The molecule has 1 rings (SSSR count). The van der Waals surface area contributed by atoms with Gasteiger partial charge in [0, 0.05) is 10.3 Å². The van der Waals surface area contributed by atoms with Crippen molar-refractivity contribution in [2.45, 2.75) is 10.8 Å². The van der Waals surface area contributed by atoms with E-state index in [1.54, 1.807) is 11.4 Å². The molecule has 0 aliphatic rings. The highest BCUT2D eigenvalue weighted by Gasteiger charge is 2.12. The lowest BCUT2D eigenvalue weighted by Crippen LogP contribution is -2.17. The van der Waals surface area contributed by atoms with Gasteiger partial charge >= 0.3 is 0 Å².